The van der Waals surface area contributed by atoms with Crippen LogP contribution in [0, 0.1) is 0 Å². The molecule has 7 nitrogen and oxygen atoms in total. The fourth-order valence-electron chi connectivity index (χ4n) is 3.02. The molecule has 2 aromatic rings. The summed E-state index contributed by atoms with van der Waals surface area (Å²) in [5.74, 6) is 1.33. The maximum Gasteiger partial charge on any atom is 0.253 e. The average molecular weight is 355 g/mol. The molecule has 138 valence electrons. The second-order valence-corrected chi connectivity index (χ2v) is 6.56. The van der Waals surface area contributed by atoms with Crippen LogP contribution in [-0.4, -0.2) is 73.1 Å². The predicted molar refractivity (Wildman–Crippen MR) is 101 cm³/mol. The van der Waals surface area contributed by atoms with Gasteiger partial charge in [0, 0.05) is 64.6 Å². The van der Waals surface area contributed by atoms with Crippen molar-refractivity contribution < 1.29 is 9.53 Å². The topological polar surface area (TPSA) is 61.8 Å². The normalized spacial score (nSPS) is 15.0. The molecule has 1 aromatic carbocycles. The Morgan fingerprint density at radius 1 is 1.19 bits per heavy atom. The van der Waals surface area contributed by atoms with Crippen molar-refractivity contribution in [1.29, 1.82) is 0 Å². The minimum absolute atomic E-state index is 0.0341. The van der Waals surface area contributed by atoms with Crippen LogP contribution in [0.2, 0.25) is 0 Å². The molecule has 0 atom stereocenters. The lowest BCUT2D eigenvalue weighted by Gasteiger charge is -2.34. The molecular weight excluding hydrogens is 330 g/mol. The molecule has 0 unspecified atom stereocenters. The van der Waals surface area contributed by atoms with E-state index in [9.17, 15) is 4.79 Å². The number of carbonyl (C=O) groups excluding carboxylic acids is 1. The summed E-state index contributed by atoms with van der Waals surface area (Å²) in [7, 11) is 5.16. The molecule has 7 heteroatoms. The van der Waals surface area contributed by atoms with Crippen LogP contribution < -0.4 is 9.64 Å². The van der Waals surface area contributed by atoms with E-state index in [4.69, 9.17) is 4.74 Å². The van der Waals surface area contributed by atoms with Gasteiger partial charge in [-0.3, -0.25) is 9.69 Å². The van der Waals surface area contributed by atoms with Gasteiger partial charge in [0.2, 0.25) is 11.8 Å². The fourth-order valence-corrected chi connectivity index (χ4v) is 3.02. The predicted octanol–water partition coefficient (Wildman–Crippen LogP) is 1.51. The summed E-state index contributed by atoms with van der Waals surface area (Å²) in [6, 6.07) is 9.63. The van der Waals surface area contributed by atoms with Crippen LogP contribution in [0.5, 0.6) is 5.88 Å². The van der Waals surface area contributed by atoms with Crippen LogP contribution in [0.1, 0.15) is 15.9 Å². The van der Waals surface area contributed by atoms with Gasteiger partial charge in [-0.25, -0.2) is 4.98 Å². The Labute approximate surface area is 154 Å². The van der Waals surface area contributed by atoms with E-state index < -0.39 is 0 Å². The van der Waals surface area contributed by atoms with Crippen molar-refractivity contribution >= 4 is 11.9 Å². The lowest BCUT2D eigenvalue weighted by atomic mass is 10.1. The molecule has 0 spiro atoms. The van der Waals surface area contributed by atoms with E-state index in [-0.39, 0.29) is 5.91 Å². The largest absolute Gasteiger partial charge is 0.481 e. The Balaban J connectivity index is 1.59. The Morgan fingerprint density at radius 3 is 2.65 bits per heavy atom. The van der Waals surface area contributed by atoms with Crippen molar-refractivity contribution in [3.8, 4) is 5.88 Å². The number of nitrogens with zero attached hydrogens (tertiary/aromatic N) is 5. The summed E-state index contributed by atoms with van der Waals surface area (Å²) in [6.07, 6.45) is 1.72. The number of piperazine rings is 1. The van der Waals surface area contributed by atoms with Gasteiger partial charge >= 0.3 is 0 Å². The van der Waals surface area contributed by atoms with Crippen LogP contribution in [0.15, 0.2) is 36.5 Å². The number of ether oxygens (including phenoxy) is 1. The number of methoxy groups -OCH3 is 1. The Hall–Kier alpha value is -2.67. The van der Waals surface area contributed by atoms with Gasteiger partial charge < -0.3 is 14.5 Å². The molecule has 1 aliphatic heterocycles. The van der Waals surface area contributed by atoms with Gasteiger partial charge in [0.05, 0.1) is 7.11 Å². The Morgan fingerprint density at radius 2 is 1.96 bits per heavy atom. The molecular formula is C19H25N5O2. The van der Waals surface area contributed by atoms with E-state index in [1.165, 1.54) is 0 Å². The standard InChI is InChI=1S/C19H25N5O2/c1-22(2)18(25)16-6-4-5-15(13-16)14-23-9-11-24(12-10-23)19-20-8-7-17(21-19)26-3/h4-8,13H,9-12,14H2,1-3H3. The number of benzene rings is 1. The zero-order valence-electron chi connectivity index (χ0n) is 15.6. The van der Waals surface area contributed by atoms with Gasteiger partial charge in [0.25, 0.3) is 5.91 Å². The third kappa shape index (κ3) is 4.29. The van der Waals surface area contributed by atoms with E-state index in [0.29, 0.717) is 11.8 Å². The molecule has 0 bridgehead atoms. The highest BCUT2D eigenvalue weighted by Crippen LogP contribution is 2.16. The SMILES string of the molecule is COc1ccnc(N2CCN(Cc3cccc(C(=O)N(C)C)c3)CC2)n1. The van der Waals surface area contributed by atoms with E-state index in [0.717, 1.165) is 43.9 Å². The summed E-state index contributed by atoms with van der Waals surface area (Å²) in [5.41, 5.74) is 1.89. The number of hydrogen-bond acceptors (Lipinski definition) is 6. The summed E-state index contributed by atoms with van der Waals surface area (Å²) in [4.78, 5) is 27.0. The van der Waals surface area contributed by atoms with E-state index >= 15 is 0 Å². The highest BCUT2D eigenvalue weighted by molar-refractivity contribution is 5.94. The number of hydrogen-bond donors (Lipinski definition) is 0. The smallest absolute Gasteiger partial charge is 0.253 e. The lowest BCUT2D eigenvalue weighted by Crippen LogP contribution is -2.46. The zero-order chi connectivity index (χ0) is 18.5. The molecule has 1 amide bonds. The third-order valence-corrected chi connectivity index (χ3v) is 4.47. The van der Waals surface area contributed by atoms with Crippen LogP contribution in [0.25, 0.3) is 0 Å². The van der Waals surface area contributed by atoms with Crippen molar-refractivity contribution in [2.45, 2.75) is 6.54 Å². The molecule has 1 saturated heterocycles. The van der Waals surface area contributed by atoms with E-state index in [2.05, 4.69) is 25.8 Å². The maximum absolute atomic E-state index is 12.1. The summed E-state index contributed by atoms with van der Waals surface area (Å²) in [5, 5.41) is 0. The number of anilines is 1. The van der Waals surface area contributed by atoms with Gasteiger partial charge in [0.15, 0.2) is 0 Å². The molecule has 0 radical (unpaired) electrons. The number of amides is 1. The molecule has 26 heavy (non-hydrogen) atoms. The summed E-state index contributed by atoms with van der Waals surface area (Å²) >= 11 is 0. The Bertz CT molecular complexity index is 757. The fraction of sp³-hybridized carbons (Fsp3) is 0.421. The molecule has 0 aliphatic carbocycles. The second kappa shape index (κ2) is 8.14. The van der Waals surface area contributed by atoms with Crippen molar-refractivity contribution in [2.75, 3.05) is 52.3 Å². The van der Waals surface area contributed by atoms with Crippen LogP contribution in [0.3, 0.4) is 0 Å². The first-order valence-corrected chi connectivity index (χ1v) is 8.72. The molecule has 0 N–H and O–H groups in total. The van der Waals surface area contributed by atoms with Crippen LogP contribution in [0.4, 0.5) is 5.95 Å². The molecule has 1 aliphatic rings. The molecule has 3 rings (SSSR count). The second-order valence-electron chi connectivity index (χ2n) is 6.56. The number of carbonyl (C=O) groups is 1. The van der Waals surface area contributed by atoms with Gasteiger partial charge in [-0.05, 0) is 17.7 Å². The molecule has 1 aromatic heterocycles. The molecule has 1 fully saturated rings. The first-order chi connectivity index (χ1) is 12.6. The first-order valence-electron chi connectivity index (χ1n) is 8.72. The summed E-state index contributed by atoms with van der Waals surface area (Å²) in [6.45, 7) is 4.41. The quantitative estimate of drug-likeness (QED) is 0.810. The minimum atomic E-state index is 0.0341. The summed E-state index contributed by atoms with van der Waals surface area (Å²) < 4.78 is 5.17. The van der Waals surface area contributed by atoms with Crippen LogP contribution in [-0.2, 0) is 6.54 Å². The third-order valence-electron chi connectivity index (χ3n) is 4.47. The van der Waals surface area contributed by atoms with Gasteiger partial charge in [-0.15, -0.1) is 0 Å². The lowest BCUT2D eigenvalue weighted by molar-refractivity contribution is 0.0827. The number of rotatable bonds is 5. The van der Waals surface area contributed by atoms with Gasteiger partial charge in [-0.2, -0.15) is 4.98 Å². The van der Waals surface area contributed by atoms with Gasteiger partial charge in [0.1, 0.15) is 0 Å². The minimum Gasteiger partial charge on any atom is -0.481 e. The maximum atomic E-state index is 12.1. The van der Waals surface area contributed by atoms with Gasteiger partial charge in [-0.1, -0.05) is 12.1 Å². The van der Waals surface area contributed by atoms with E-state index in [1.54, 1.807) is 38.4 Å². The first kappa shape index (κ1) is 18.1. The average Bonchev–Trinajstić information content (AvgIpc) is 2.68. The van der Waals surface area contributed by atoms with E-state index in [1.807, 2.05) is 18.2 Å². The van der Waals surface area contributed by atoms with Crippen molar-refractivity contribution in [2.24, 2.45) is 0 Å². The zero-order valence-corrected chi connectivity index (χ0v) is 15.6. The van der Waals surface area contributed by atoms with Crippen molar-refractivity contribution in [3.05, 3.63) is 47.7 Å². The molecule has 0 saturated carbocycles. The Kier molecular flexibility index (Phi) is 5.68. The highest BCUT2D eigenvalue weighted by atomic mass is 16.5. The van der Waals surface area contributed by atoms with Crippen molar-refractivity contribution in [1.82, 2.24) is 19.8 Å². The monoisotopic (exact) mass is 355 g/mol. The molecule has 2 heterocycles. The van der Waals surface area contributed by atoms with Crippen LogP contribution >= 0.6 is 0 Å². The number of aromatic nitrogens is 2. The van der Waals surface area contributed by atoms with Crippen molar-refractivity contribution in [3.63, 3.8) is 0 Å². The highest BCUT2D eigenvalue weighted by Gasteiger charge is 2.20.